The molecule has 0 saturated heterocycles. The lowest BCUT2D eigenvalue weighted by Crippen LogP contribution is -2.44. The van der Waals surface area contributed by atoms with Crippen LogP contribution >= 0.6 is 0 Å². The van der Waals surface area contributed by atoms with Crippen LogP contribution in [0.4, 0.5) is 0 Å². The van der Waals surface area contributed by atoms with Crippen molar-refractivity contribution in [3.05, 3.63) is 12.2 Å². The van der Waals surface area contributed by atoms with E-state index in [1.54, 1.807) is 6.92 Å². The molecule has 0 spiro atoms. The van der Waals surface area contributed by atoms with E-state index in [2.05, 4.69) is 22.8 Å². The maximum atomic E-state index is 10.9. The minimum absolute atomic E-state index is 0.108. The van der Waals surface area contributed by atoms with Crippen LogP contribution in [-0.2, 0) is 4.79 Å². The third kappa shape index (κ3) is 3.34. The van der Waals surface area contributed by atoms with Gasteiger partial charge in [-0.2, -0.15) is 0 Å². The number of rotatable bonds is 3. The van der Waals surface area contributed by atoms with Gasteiger partial charge < -0.3 is 10.6 Å². The molecule has 1 fully saturated rings. The molecule has 90 valence electrons. The largest absolute Gasteiger partial charge is 0.354 e. The predicted molar refractivity (Wildman–Crippen MR) is 65.2 cm³/mol. The van der Waals surface area contributed by atoms with Gasteiger partial charge in [0.25, 0.3) is 0 Å². The standard InChI is InChI=1S/C13H22N2O/c1-10(16)14-12-6-8-13(9-7-12)15-11-4-2-3-5-11/h2-3,11-13,15H,4-9H2,1H3,(H,14,16). The molecule has 0 bridgehead atoms. The van der Waals surface area contributed by atoms with E-state index in [4.69, 9.17) is 0 Å². The molecule has 0 unspecified atom stereocenters. The van der Waals surface area contributed by atoms with Crippen LogP contribution in [0, 0.1) is 0 Å². The highest BCUT2D eigenvalue weighted by atomic mass is 16.1. The second kappa shape index (κ2) is 5.48. The smallest absolute Gasteiger partial charge is 0.217 e. The van der Waals surface area contributed by atoms with Gasteiger partial charge in [-0.15, -0.1) is 0 Å². The molecule has 16 heavy (non-hydrogen) atoms. The van der Waals surface area contributed by atoms with Crippen molar-refractivity contribution in [2.24, 2.45) is 0 Å². The molecule has 0 aromatic rings. The van der Waals surface area contributed by atoms with Gasteiger partial charge in [0.1, 0.15) is 0 Å². The Bertz CT molecular complexity index is 259. The fourth-order valence-electron chi connectivity index (χ4n) is 2.78. The molecule has 2 N–H and O–H groups in total. The second-order valence-electron chi connectivity index (χ2n) is 5.06. The number of hydrogen-bond acceptors (Lipinski definition) is 2. The fraction of sp³-hybridized carbons (Fsp3) is 0.769. The highest BCUT2D eigenvalue weighted by Crippen LogP contribution is 2.21. The van der Waals surface area contributed by atoms with Crippen LogP contribution in [-0.4, -0.2) is 24.0 Å². The van der Waals surface area contributed by atoms with Crippen molar-refractivity contribution in [3.63, 3.8) is 0 Å². The maximum Gasteiger partial charge on any atom is 0.217 e. The summed E-state index contributed by atoms with van der Waals surface area (Å²) in [5.41, 5.74) is 0. The highest BCUT2D eigenvalue weighted by Gasteiger charge is 2.23. The Morgan fingerprint density at radius 1 is 1.00 bits per heavy atom. The highest BCUT2D eigenvalue weighted by molar-refractivity contribution is 5.73. The van der Waals surface area contributed by atoms with Crippen LogP contribution in [0.3, 0.4) is 0 Å². The molecule has 3 heteroatoms. The van der Waals surface area contributed by atoms with Crippen LogP contribution in [0.5, 0.6) is 0 Å². The molecular formula is C13H22N2O. The van der Waals surface area contributed by atoms with Crippen molar-refractivity contribution in [3.8, 4) is 0 Å². The van der Waals surface area contributed by atoms with Crippen molar-refractivity contribution in [2.75, 3.05) is 0 Å². The first-order valence-corrected chi connectivity index (χ1v) is 6.42. The lowest BCUT2D eigenvalue weighted by Gasteiger charge is -2.31. The third-order valence-corrected chi connectivity index (χ3v) is 3.61. The molecule has 1 saturated carbocycles. The van der Waals surface area contributed by atoms with Crippen LogP contribution < -0.4 is 10.6 Å². The zero-order chi connectivity index (χ0) is 11.4. The number of nitrogens with one attached hydrogen (secondary N) is 2. The first kappa shape index (κ1) is 11.6. The minimum atomic E-state index is 0.108. The van der Waals surface area contributed by atoms with E-state index in [-0.39, 0.29) is 5.91 Å². The molecule has 0 aromatic carbocycles. The Morgan fingerprint density at radius 3 is 2.12 bits per heavy atom. The molecule has 0 aromatic heterocycles. The molecular weight excluding hydrogens is 200 g/mol. The van der Waals surface area contributed by atoms with E-state index < -0.39 is 0 Å². The van der Waals surface area contributed by atoms with E-state index in [0.717, 1.165) is 12.8 Å². The van der Waals surface area contributed by atoms with Crippen molar-refractivity contribution in [1.29, 1.82) is 0 Å². The molecule has 2 aliphatic carbocycles. The summed E-state index contributed by atoms with van der Waals surface area (Å²) in [7, 11) is 0. The van der Waals surface area contributed by atoms with Gasteiger partial charge >= 0.3 is 0 Å². The van der Waals surface area contributed by atoms with E-state index in [9.17, 15) is 4.79 Å². The average Bonchev–Trinajstić information content (AvgIpc) is 2.73. The first-order chi connectivity index (χ1) is 7.74. The van der Waals surface area contributed by atoms with Crippen LogP contribution in [0.2, 0.25) is 0 Å². The number of amides is 1. The normalized spacial score (nSPS) is 30.6. The predicted octanol–water partition coefficient (Wildman–Crippen LogP) is 1.74. The zero-order valence-corrected chi connectivity index (χ0v) is 10.0. The van der Waals surface area contributed by atoms with Gasteiger partial charge in [0.15, 0.2) is 0 Å². The summed E-state index contributed by atoms with van der Waals surface area (Å²) in [5.74, 6) is 0.108. The van der Waals surface area contributed by atoms with Gasteiger partial charge in [0.2, 0.25) is 5.91 Å². The molecule has 0 heterocycles. The van der Waals surface area contributed by atoms with E-state index in [1.165, 1.54) is 25.7 Å². The van der Waals surface area contributed by atoms with Crippen molar-refractivity contribution >= 4 is 5.91 Å². The SMILES string of the molecule is CC(=O)NC1CCC(NC2CC=CC2)CC1. The Morgan fingerprint density at radius 2 is 1.56 bits per heavy atom. The molecule has 1 amide bonds. The summed E-state index contributed by atoms with van der Waals surface area (Å²) in [5, 5.41) is 6.73. The molecule has 0 atom stereocenters. The summed E-state index contributed by atoms with van der Waals surface area (Å²) < 4.78 is 0. The Labute approximate surface area is 97.7 Å². The fourth-order valence-corrected chi connectivity index (χ4v) is 2.78. The number of carbonyl (C=O) groups excluding carboxylic acids is 1. The molecule has 2 aliphatic rings. The van der Waals surface area contributed by atoms with E-state index in [0.29, 0.717) is 18.1 Å². The van der Waals surface area contributed by atoms with E-state index >= 15 is 0 Å². The molecule has 0 radical (unpaired) electrons. The average molecular weight is 222 g/mol. The summed E-state index contributed by atoms with van der Waals surface area (Å²) in [4.78, 5) is 10.9. The van der Waals surface area contributed by atoms with Crippen molar-refractivity contribution in [2.45, 2.75) is 63.6 Å². The van der Waals surface area contributed by atoms with Gasteiger partial charge in [0, 0.05) is 25.0 Å². The summed E-state index contributed by atoms with van der Waals surface area (Å²) in [6.07, 6.45) is 11.5. The summed E-state index contributed by atoms with van der Waals surface area (Å²) >= 11 is 0. The minimum Gasteiger partial charge on any atom is -0.354 e. The first-order valence-electron chi connectivity index (χ1n) is 6.42. The zero-order valence-electron chi connectivity index (χ0n) is 10.0. The summed E-state index contributed by atoms with van der Waals surface area (Å²) in [6, 6.07) is 1.74. The topological polar surface area (TPSA) is 41.1 Å². The van der Waals surface area contributed by atoms with Gasteiger partial charge in [-0.3, -0.25) is 4.79 Å². The Kier molecular flexibility index (Phi) is 3.99. The van der Waals surface area contributed by atoms with Gasteiger partial charge in [0.05, 0.1) is 0 Å². The van der Waals surface area contributed by atoms with E-state index in [1.807, 2.05) is 0 Å². The van der Waals surface area contributed by atoms with Gasteiger partial charge in [-0.25, -0.2) is 0 Å². The molecule has 2 rings (SSSR count). The number of carbonyl (C=O) groups is 1. The Hall–Kier alpha value is -0.830. The second-order valence-corrected chi connectivity index (χ2v) is 5.06. The monoisotopic (exact) mass is 222 g/mol. The van der Waals surface area contributed by atoms with Crippen LogP contribution in [0.1, 0.15) is 45.4 Å². The summed E-state index contributed by atoms with van der Waals surface area (Å²) in [6.45, 7) is 1.61. The van der Waals surface area contributed by atoms with Gasteiger partial charge in [-0.1, -0.05) is 12.2 Å². The van der Waals surface area contributed by atoms with Crippen molar-refractivity contribution < 1.29 is 4.79 Å². The number of hydrogen-bond donors (Lipinski definition) is 2. The lowest BCUT2D eigenvalue weighted by molar-refractivity contribution is -0.119. The molecule has 3 nitrogen and oxygen atoms in total. The van der Waals surface area contributed by atoms with Gasteiger partial charge in [-0.05, 0) is 38.5 Å². The van der Waals surface area contributed by atoms with Crippen LogP contribution in [0.15, 0.2) is 12.2 Å². The Balaban J connectivity index is 1.66. The quantitative estimate of drug-likeness (QED) is 0.714. The maximum absolute atomic E-state index is 10.9. The third-order valence-electron chi connectivity index (χ3n) is 3.61. The van der Waals surface area contributed by atoms with Crippen molar-refractivity contribution in [1.82, 2.24) is 10.6 Å². The lowest BCUT2D eigenvalue weighted by atomic mass is 9.90. The van der Waals surface area contributed by atoms with Crippen LogP contribution in [0.25, 0.3) is 0 Å². The molecule has 0 aliphatic heterocycles.